The van der Waals surface area contributed by atoms with Crippen LogP contribution in [0, 0.1) is 12.7 Å². The number of benzene rings is 3. The number of hydrogen-bond donors (Lipinski definition) is 0. The van der Waals surface area contributed by atoms with Gasteiger partial charge in [0.1, 0.15) is 17.3 Å². The lowest BCUT2D eigenvalue weighted by Crippen LogP contribution is -2.40. The minimum absolute atomic E-state index is 0.234. The maximum atomic E-state index is 13.4. The van der Waals surface area contributed by atoms with Crippen LogP contribution in [0.15, 0.2) is 66.7 Å². The number of fused-ring (bicyclic) bond motifs is 1. The first-order valence-corrected chi connectivity index (χ1v) is 7.49. The van der Waals surface area contributed by atoms with Crippen molar-refractivity contribution < 1.29 is 13.7 Å². The summed E-state index contributed by atoms with van der Waals surface area (Å²) < 4.78 is 25.1. The van der Waals surface area contributed by atoms with Gasteiger partial charge in [-0.3, -0.25) is 0 Å². The highest BCUT2D eigenvalue weighted by molar-refractivity contribution is 6.64. The molecule has 0 saturated heterocycles. The van der Waals surface area contributed by atoms with Crippen molar-refractivity contribution in [1.82, 2.24) is 0 Å². The Kier molecular flexibility index (Phi) is 3.30. The first-order chi connectivity index (χ1) is 11.2. The predicted octanol–water partition coefficient (Wildman–Crippen LogP) is 3.97. The van der Waals surface area contributed by atoms with Crippen molar-refractivity contribution in [2.45, 2.75) is 6.92 Å². The van der Waals surface area contributed by atoms with Gasteiger partial charge in [0.25, 0.3) is 0 Å². The average molecular weight is 304 g/mol. The van der Waals surface area contributed by atoms with Crippen molar-refractivity contribution in [2.24, 2.45) is 0 Å². The Morgan fingerprint density at radius 3 is 2.13 bits per heavy atom. The van der Waals surface area contributed by atoms with Gasteiger partial charge in [0.05, 0.1) is 0 Å². The smallest absolute Gasteiger partial charge is 0.519 e. The summed E-state index contributed by atoms with van der Waals surface area (Å²) in [5, 5.41) is 0. The summed E-state index contributed by atoms with van der Waals surface area (Å²) in [5.74, 6) is 1.28. The van der Waals surface area contributed by atoms with Crippen molar-refractivity contribution in [1.29, 1.82) is 0 Å². The summed E-state index contributed by atoms with van der Waals surface area (Å²) in [6.07, 6.45) is 0. The van der Waals surface area contributed by atoms with Gasteiger partial charge in [-0.2, -0.15) is 0 Å². The Balaban J connectivity index is 1.65. The zero-order chi connectivity index (χ0) is 15.8. The molecule has 0 bridgehead atoms. The molecule has 0 atom stereocenters. The molecule has 0 aliphatic carbocycles. The minimum Gasteiger partial charge on any atom is -0.519 e. The van der Waals surface area contributed by atoms with Gasteiger partial charge < -0.3 is 9.31 Å². The summed E-state index contributed by atoms with van der Waals surface area (Å²) >= 11 is 0. The predicted molar refractivity (Wildman–Crippen MR) is 89.7 cm³/mol. The molecule has 1 aliphatic heterocycles. The summed E-state index contributed by atoms with van der Waals surface area (Å²) in [5.41, 5.74) is 3.85. The molecule has 0 amide bonds. The quantitative estimate of drug-likeness (QED) is 0.667. The van der Waals surface area contributed by atoms with Crippen LogP contribution in [-0.4, -0.2) is 7.12 Å². The highest BCUT2D eigenvalue weighted by Gasteiger charge is 2.34. The molecule has 1 aliphatic rings. The van der Waals surface area contributed by atoms with E-state index < -0.39 is 7.12 Å². The molecular weight excluding hydrogens is 290 g/mol. The van der Waals surface area contributed by atoms with Crippen LogP contribution in [0.25, 0.3) is 11.1 Å². The second kappa shape index (κ2) is 5.47. The van der Waals surface area contributed by atoms with E-state index in [2.05, 4.69) is 0 Å². The third-order valence-corrected chi connectivity index (χ3v) is 4.00. The molecule has 0 radical (unpaired) electrons. The fourth-order valence-electron chi connectivity index (χ4n) is 2.81. The molecule has 1 heterocycles. The Hall–Kier alpha value is -2.75. The van der Waals surface area contributed by atoms with Crippen LogP contribution in [0.1, 0.15) is 5.56 Å². The third kappa shape index (κ3) is 2.57. The first kappa shape index (κ1) is 13.9. The van der Waals surface area contributed by atoms with E-state index in [1.54, 1.807) is 6.07 Å². The Labute approximate surface area is 134 Å². The van der Waals surface area contributed by atoms with Crippen molar-refractivity contribution in [3.05, 3.63) is 78.1 Å². The average Bonchev–Trinajstić information content (AvgIpc) is 2.98. The maximum Gasteiger partial charge on any atom is 0.633 e. The molecule has 4 heteroatoms. The summed E-state index contributed by atoms with van der Waals surface area (Å²) in [4.78, 5) is 0. The van der Waals surface area contributed by atoms with E-state index >= 15 is 0 Å². The maximum absolute atomic E-state index is 13.4. The van der Waals surface area contributed by atoms with Crippen LogP contribution >= 0.6 is 0 Å². The number of halogens is 1. The van der Waals surface area contributed by atoms with E-state index in [4.69, 9.17) is 9.31 Å². The van der Waals surface area contributed by atoms with Gasteiger partial charge >= 0.3 is 7.12 Å². The third-order valence-electron chi connectivity index (χ3n) is 4.00. The normalized spacial score (nSPS) is 12.5. The Morgan fingerprint density at radius 1 is 0.783 bits per heavy atom. The zero-order valence-corrected chi connectivity index (χ0v) is 12.6. The van der Waals surface area contributed by atoms with Gasteiger partial charge in [0.2, 0.25) is 0 Å². The molecule has 0 saturated carbocycles. The molecule has 0 N–H and O–H groups in total. The number of aryl methyl sites for hydroxylation is 1. The van der Waals surface area contributed by atoms with Gasteiger partial charge in [0.15, 0.2) is 0 Å². The molecule has 0 fully saturated rings. The van der Waals surface area contributed by atoms with Crippen LogP contribution < -0.4 is 14.8 Å². The summed E-state index contributed by atoms with van der Waals surface area (Å²) in [6.45, 7) is 2.01. The molecule has 0 aromatic heterocycles. The zero-order valence-electron chi connectivity index (χ0n) is 12.6. The highest BCUT2D eigenvalue weighted by atomic mass is 19.1. The first-order valence-electron chi connectivity index (χ1n) is 7.49. The van der Waals surface area contributed by atoms with Crippen molar-refractivity contribution >= 4 is 12.6 Å². The molecule has 3 aromatic carbocycles. The molecule has 2 nitrogen and oxygen atoms in total. The van der Waals surface area contributed by atoms with Gasteiger partial charge in [-0.1, -0.05) is 42.5 Å². The van der Waals surface area contributed by atoms with E-state index in [1.807, 2.05) is 55.5 Å². The van der Waals surface area contributed by atoms with Crippen LogP contribution in [-0.2, 0) is 0 Å². The monoisotopic (exact) mass is 304 g/mol. The van der Waals surface area contributed by atoms with Gasteiger partial charge in [-0.05, 0) is 47.9 Å². The molecule has 4 rings (SSSR count). The molecule has 3 aromatic rings. The standard InChI is InChI=1S/C19H14BFO2/c1-13-11-15(14-5-4-6-16(21)12-14)9-10-17(13)20-22-18-7-2-3-8-19(18)23-20/h2-12H,1H3. The summed E-state index contributed by atoms with van der Waals surface area (Å²) in [6, 6.07) is 20.2. The minimum atomic E-state index is -0.436. The van der Waals surface area contributed by atoms with Crippen molar-refractivity contribution in [3.63, 3.8) is 0 Å². The largest absolute Gasteiger partial charge is 0.633 e. The lowest BCUT2D eigenvalue weighted by molar-refractivity contribution is 0.518. The van der Waals surface area contributed by atoms with E-state index in [1.165, 1.54) is 12.1 Å². The van der Waals surface area contributed by atoms with E-state index in [9.17, 15) is 4.39 Å². The molecule has 0 spiro atoms. The van der Waals surface area contributed by atoms with Crippen LogP contribution in [0.3, 0.4) is 0 Å². The Bertz CT molecular complexity index is 854. The second-order valence-corrected chi connectivity index (χ2v) is 5.60. The second-order valence-electron chi connectivity index (χ2n) is 5.60. The number of para-hydroxylation sites is 2. The van der Waals surface area contributed by atoms with Gasteiger partial charge in [-0.15, -0.1) is 0 Å². The number of rotatable bonds is 2. The molecular formula is C19H14BFO2. The van der Waals surface area contributed by atoms with Gasteiger partial charge in [0, 0.05) is 5.46 Å². The summed E-state index contributed by atoms with van der Waals surface area (Å²) in [7, 11) is -0.436. The lowest BCUT2D eigenvalue weighted by Gasteiger charge is -2.10. The van der Waals surface area contributed by atoms with E-state index in [-0.39, 0.29) is 5.82 Å². The Morgan fingerprint density at radius 2 is 1.48 bits per heavy atom. The van der Waals surface area contributed by atoms with Crippen LogP contribution in [0.2, 0.25) is 0 Å². The molecule has 23 heavy (non-hydrogen) atoms. The van der Waals surface area contributed by atoms with Crippen molar-refractivity contribution in [2.75, 3.05) is 0 Å². The van der Waals surface area contributed by atoms with Crippen LogP contribution in [0.4, 0.5) is 4.39 Å². The van der Waals surface area contributed by atoms with Crippen molar-refractivity contribution in [3.8, 4) is 22.6 Å². The molecule has 0 unspecified atom stereocenters. The fraction of sp³-hybridized carbons (Fsp3) is 0.0526. The SMILES string of the molecule is Cc1cc(-c2cccc(F)c2)ccc1B1Oc2ccccc2O1. The fourth-order valence-corrected chi connectivity index (χ4v) is 2.81. The lowest BCUT2D eigenvalue weighted by atomic mass is 9.75. The van der Waals surface area contributed by atoms with E-state index in [0.717, 1.165) is 33.7 Å². The topological polar surface area (TPSA) is 18.5 Å². The number of hydrogen-bond acceptors (Lipinski definition) is 2. The highest BCUT2D eigenvalue weighted by Crippen LogP contribution is 2.33. The molecule has 112 valence electrons. The van der Waals surface area contributed by atoms with Crippen LogP contribution in [0.5, 0.6) is 11.5 Å². The van der Waals surface area contributed by atoms with E-state index in [0.29, 0.717) is 0 Å². The van der Waals surface area contributed by atoms with Gasteiger partial charge in [-0.25, -0.2) is 4.39 Å².